The Hall–Kier alpha value is -1.56. The van der Waals surface area contributed by atoms with Crippen LogP contribution in [-0.4, -0.2) is 46.7 Å². The van der Waals surface area contributed by atoms with Crippen LogP contribution in [-0.2, 0) is 12.0 Å². The van der Waals surface area contributed by atoms with Gasteiger partial charge in [-0.2, -0.15) is 0 Å². The minimum Gasteiger partial charge on any atom is -0.454 e. The average molecular weight is 287 g/mol. The van der Waals surface area contributed by atoms with Crippen molar-refractivity contribution in [2.75, 3.05) is 13.3 Å². The molecule has 0 amide bonds. The highest BCUT2D eigenvalue weighted by molar-refractivity contribution is 5.55. The van der Waals surface area contributed by atoms with Gasteiger partial charge >= 0.3 is 0 Å². The molecule has 5 atom stereocenters. The Morgan fingerprint density at radius 2 is 1.95 bits per heavy atom. The molecule has 0 saturated carbocycles. The van der Waals surface area contributed by atoms with Crippen LogP contribution in [0.5, 0.6) is 11.5 Å². The Morgan fingerprint density at radius 1 is 1.14 bits per heavy atom. The summed E-state index contributed by atoms with van der Waals surface area (Å²) in [5.41, 5.74) is 1.86. The molecule has 21 heavy (non-hydrogen) atoms. The summed E-state index contributed by atoms with van der Waals surface area (Å²) in [6, 6.07) is 4.21. The lowest BCUT2D eigenvalue weighted by Gasteiger charge is -2.48. The molecule has 5 rings (SSSR count). The fraction of sp³-hybridized carbons (Fsp3) is 0.500. The van der Waals surface area contributed by atoms with Crippen LogP contribution in [0.3, 0.4) is 0 Å². The summed E-state index contributed by atoms with van der Waals surface area (Å²) in [6.07, 6.45) is 3.05. The summed E-state index contributed by atoms with van der Waals surface area (Å²) in [5.74, 6) is 1.53. The van der Waals surface area contributed by atoms with Crippen LogP contribution < -0.4 is 9.47 Å². The lowest BCUT2D eigenvalue weighted by Crippen LogP contribution is -2.58. The smallest absolute Gasteiger partial charge is 0.231 e. The van der Waals surface area contributed by atoms with Crippen molar-refractivity contribution >= 4 is 0 Å². The van der Waals surface area contributed by atoms with Crippen molar-refractivity contribution < 1.29 is 19.7 Å². The van der Waals surface area contributed by atoms with Crippen LogP contribution in [0.2, 0.25) is 0 Å². The van der Waals surface area contributed by atoms with E-state index in [-0.39, 0.29) is 12.8 Å². The second-order valence-corrected chi connectivity index (χ2v) is 6.39. The maximum absolute atomic E-state index is 10.7. The van der Waals surface area contributed by atoms with Crippen molar-refractivity contribution in [3.8, 4) is 11.5 Å². The van der Waals surface area contributed by atoms with Gasteiger partial charge in [-0.05, 0) is 29.7 Å². The lowest BCUT2D eigenvalue weighted by molar-refractivity contribution is -0.0295. The Bertz CT molecular complexity index is 658. The number of ether oxygens (including phenoxy) is 2. The fourth-order valence-corrected chi connectivity index (χ4v) is 4.58. The molecule has 1 fully saturated rings. The number of hydrogen-bond acceptors (Lipinski definition) is 5. The van der Waals surface area contributed by atoms with Crippen LogP contribution in [0, 0.1) is 0 Å². The van der Waals surface area contributed by atoms with Gasteiger partial charge in [0, 0.05) is 24.5 Å². The molecule has 0 aromatic heterocycles. The summed E-state index contributed by atoms with van der Waals surface area (Å²) in [7, 11) is 0. The maximum atomic E-state index is 10.7. The summed E-state index contributed by atoms with van der Waals surface area (Å²) >= 11 is 0. The van der Waals surface area contributed by atoms with Gasteiger partial charge in [-0.1, -0.05) is 12.2 Å². The van der Waals surface area contributed by atoms with Gasteiger partial charge in [0.1, 0.15) is 0 Å². The molecule has 1 aliphatic carbocycles. The second-order valence-electron chi connectivity index (χ2n) is 6.39. The number of benzene rings is 1. The van der Waals surface area contributed by atoms with E-state index in [4.69, 9.17) is 9.47 Å². The number of nitrogens with zero attached hydrogens (tertiary/aromatic N) is 1. The summed E-state index contributed by atoms with van der Waals surface area (Å²) in [5, 5.41) is 20.9. The molecule has 5 nitrogen and oxygen atoms in total. The van der Waals surface area contributed by atoms with E-state index < -0.39 is 17.6 Å². The minimum atomic E-state index is -0.808. The quantitative estimate of drug-likeness (QED) is 0.682. The van der Waals surface area contributed by atoms with Crippen molar-refractivity contribution in [3.05, 3.63) is 35.4 Å². The van der Waals surface area contributed by atoms with Gasteiger partial charge in [-0.25, -0.2) is 0 Å². The second kappa shape index (κ2) is 3.80. The lowest BCUT2D eigenvalue weighted by atomic mass is 9.63. The molecule has 3 aliphatic heterocycles. The number of fused-ring (bicyclic) bond motifs is 2. The molecule has 0 spiro atoms. The zero-order valence-electron chi connectivity index (χ0n) is 11.5. The van der Waals surface area contributed by atoms with Crippen molar-refractivity contribution in [1.29, 1.82) is 0 Å². The van der Waals surface area contributed by atoms with E-state index in [9.17, 15) is 10.2 Å². The van der Waals surface area contributed by atoms with Crippen LogP contribution in [0.25, 0.3) is 0 Å². The average Bonchev–Trinajstić information content (AvgIpc) is 3.04. The minimum absolute atomic E-state index is 0.156. The molecule has 0 radical (unpaired) electrons. The first-order chi connectivity index (χ1) is 10.2. The first-order valence-electron chi connectivity index (χ1n) is 7.42. The molecular weight excluding hydrogens is 270 g/mol. The third-order valence-corrected chi connectivity index (χ3v) is 5.55. The molecule has 4 aliphatic rings. The predicted molar refractivity (Wildman–Crippen MR) is 74.2 cm³/mol. The Morgan fingerprint density at radius 3 is 2.81 bits per heavy atom. The van der Waals surface area contributed by atoms with Crippen LogP contribution >= 0.6 is 0 Å². The number of aliphatic hydroxyl groups is 2. The number of hydrogen-bond donors (Lipinski definition) is 2. The van der Waals surface area contributed by atoms with Gasteiger partial charge in [-0.15, -0.1) is 0 Å². The number of rotatable bonds is 0. The van der Waals surface area contributed by atoms with E-state index in [1.165, 1.54) is 5.56 Å². The molecule has 3 heterocycles. The third kappa shape index (κ3) is 1.32. The zero-order valence-corrected chi connectivity index (χ0v) is 11.5. The summed E-state index contributed by atoms with van der Waals surface area (Å²) in [4.78, 5) is 2.37. The normalized spacial score (nSPS) is 41.8. The summed E-state index contributed by atoms with van der Waals surface area (Å²) in [6.45, 7) is 2.04. The van der Waals surface area contributed by atoms with E-state index >= 15 is 0 Å². The Labute approximate surface area is 122 Å². The van der Waals surface area contributed by atoms with Gasteiger partial charge in [0.05, 0.1) is 12.2 Å². The topological polar surface area (TPSA) is 62.2 Å². The summed E-state index contributed by atoms with van der Waals surface area (Å²) < 4.78 is 11.0. The number of aliphatic hydroxyl groups excluding tert-OH is 2. The van der Waals surface area contributed by atoms with E-state index in [2.05, 4.69) is 11.0 Å². The van der Waals surface area contributed by atoms with E-state index in [1.54, 1.807) is 6.08 Å². The van der Waals surface area contributed by atoms with Crippen LogP contribution in [0.4, 0.5) is 0 Å². The Balaban J connectivity index is 1.76. The molecule has 5 heteroatoms. The molecule has 1 unspecified atom stereocenters. The molecule has 1 aromatic rings. The maximum Gasteiger partial charge on any atom is 0.231 e. The van der Waals surface area contributed by atoms with Crippen molar-refractivity contribution in [1.82, 2.24) is 4.90 Å². The molecule has 1 saturated heterocycles. The van der Waals surface area contributed by atoms with E-state index in [0.717, 1.165) is 36.6 Å². The first kappa shape index (κ1) is 12.0. The van der Waals surface area contributed by atoms with Crippen molar-refractivity contribution in [2.45, 2.75) is 36.6 Å². The van der Waals surface area contributed by atoms with Gasteiger partial charge in [0.2, 0.25) is 6.79 Å². The van der Waals surface area contributed by atoms with E-state index in [0.29, 0.717) is 0 Å². The van der Waals surface area contributed by atoms with Gasteiger partial charge in [0.15, 0.2) is 11.5 Å². The Kier molecular flexibility index (Phi) is 2.17. The van der Waals surface area contributed by atoms with Crippen LogP contribution in [0.15, 0.2) is 24.3 Å². The molecule has 2 N–H and O–H groups in total. The van der Waals surface area contributed by atoms with Crippen LogP contribution in [0.1, 0.15) is 17.5 Å². The highest BCUT2D eigenvalue weighted by Crippen LogP contribution is 2.53. The zero-order chi connectivity index (χ0) is 14.2. The fourth-order valence-electron chi connectivity index (χ4n) is 4.58. The largest absolute Gasteiger partial charge is 0.454 e. The van der Waals surface area contributed by atoms with Crippen molar-refractivity contribution in [3.63, 3.8) is 0 Å². The highest BCUT2D eigenvalue weighted by Gasteiger charge is 2.58. The SMILES string of the molecule is O[C@H]1C=C[C@H]2N3CC[C@@]2(c2cc4c(cc2C3)OCO4)[C@H]1O. The molecular formula is C16H17NO4. The van der Waals surface area contributed by atoms with Gasteiger partial charge in [-0.3, -0.25) is 4.90 Å². The highest BCUT2D eigenvalue weighted by atomic mass is 16.7. The van der Waals surface area contributed by atoms with Gasteiger partial charge < -0.3 is 19.7 Å². The molecule has 2 bridgehead atoms. The monoisotopic (exact) mass is 287 g/mol. The standard InChI is InChI=1S/C16H17NO4/c18-11-1-2-14-16(15(11)19)3-4-17(14)7-9-5-12-13(6-10(9)16)21-8-20-12/h1-2,5-6,11,14-15,18-19H,3-4,7-8H2/t11-,14+,15-,16-/m0/s1. The molecule has 110 valence electrons. The van der Waals surface area contributed by atoms with Gasteiger partial charge in [0.25, 0.3) is 0 Å². The first-order valence-corrected chi connectivity index (χ1v) is 7.42. The molecule has 1 aromatic carbocycles. The third-order valence-electron chi connectivity index (χ3n) is 5.55. The van der Waals surface area contributed by atoms with Crippen molar-refractivity contribution in [2.24, 2.45) is 0 Å². The predicted octanol–water partition coefficient (Wildman–Crippen LogP) is 0.533. The van der Waals surface area contributed by atoms with E-state index in [1.807, 2.05) is 12.1 Å².